The van der Waals surface area contributed by atoms with Crippen LogP contribution in [0.3, 0.4) is 0 Å². The highest BCUT2D eigenvalue weighted by Crippen LogP contribution is 2.30. The lowest BCUT2D eigenvalue weighted by Gasteiger charge is -2.35. The van der Waals surface area contributed by atoms with Crippen LogP contribution in [0.25, 0.3) is 0 Å². The number of nitrogens with two attached hydrogens (primary N) is 1. The van der Waals surface area contributed by atoms with Crippen molar-refractivity contribution in [3.63, 3.8) is 0 Å². The molecule has 0 atom stereocenters. The number of anilines is 2. The Morgan fingerprint density at radius 3 is 2.62 bits per heavy atom. The minimum absolute atomic E-state index is 0.627. The molecule has 0 aromatic carbocycles. The summed E-state index contributed by atoms with van der Waals surface area (Å²) in [5, 5.41) is 0. The first-order valence-corrected chi connectivity index (χ1v) is 6.12. The summed E-state index contributed by atoms with van der Waals surface area (Å²) in [5.41, 5.74) is 6.97. The van der Waals surface area contributed by atoms with Crippen LogP contribution in [0.15, 0.2) is 18.3 Å². The van der Waals surface area contributed by atoms with Crippen molar-refractivity contribution in [2.75, 3.05) is 17.7 Å². The molecule has 1 saturated carbocycles. The molecule has 3 heteroatoms. The molecule has 1 aromatic heterocycles. The third-order valence-corrected chi connectivity index (χ3v) is 3.73. The van der Waals surface area contributed by atoms with Gasteiger partial charge in [-0.2, -0.15) is 0 Å². The Bertz CT molecular complexity index is 343. The zero-order valence-corrected chi connectivity index (χ0v) is 10.2. The van der Waals surface area contributed by atoms with Gasteiger partial charge in [-0.15, -0.1) is 0 Å². The van der Waals surface area contributed by atoms with Crippen molar-refractivity contribution in [1.29, 1.82) is 0 Å². The van der Waals surface area contributed by atoms with Gasteiger partial charge >= 0.3 is 0 Å². The van der Waals surface area contributed by atoms with Gasteiger partial charge in [-0.3, -0.25) is 0 Å². The molecule has 16 heavy (non-hydrogen) atoms. The van der Waals surface area contributed by atoms with E-state index in [-0.39, 0.29) is 0 Å². The van der Waals surface area contributed by atoms with Crippen molar-refractivity contribution >= 4 is 11.5 Å². The summed E-state index contributed by atoms with van der Waals surface area (Å²) in [7, 11) is 2.13. The van der Waals surface area contributed by atoms with Gasteiger partial charge < -0.3 is 10.6 Å². The van der Waals surface area contributed by atoms with E-state index in [4.69, 9.17) is 5.73 Å². The van der Waals surface area contributed by atoms with E-state index in [1.165, 1.54) is 25.7 Å². The van der Waals surface area contributed by atoms with Gasteiger partial charge in [-0.05, 0) is 43.7 Å². The van der Waals surface area contributed by atoms with Crippen LogP contribution in [0.4, 0.5) is 11.5 Å². The fourth-order valence-corrected chi connectivity index (χ4v) is 2.53. The first-order valence-electron chi connectivity index (χ1n) is 6.12. The van der Waals surface area contributed by atoms with E-state index in [1.807, 2.05) is 6.07 Å². The monoisotopic (exact) mass is 219 g/mol. The second-order valence-corrected chi connectivity index (χ2v) is 4.93. The molecule has 1 aliphatic rings. The number of nitrogens with zero attached hydrogens (tertiary/aromatic N) is 2. The van der Waals surface area contributed by atoms with Gasteiger partial charge in [0.2, 0.25) is 0 Å². The van der Waals surface area contributed by atoms with Crippen molar-refractivity contribution in [3.8, 4) is 0 Å². The highest BCUT2D eigenvalue weighted by atomic mass is 15.2. The van der Waals surface area contributed by atoms with Crippen LogP contribution in [0.2, 0.25) is 0 Å². The van der Waals surface area contributed by atoms with Gasteiger partial charge in [0.15, 0.2) is 0 Å². The number of aromatic nitrogens is 1. The molecule has 0 saturated heterocycles. The molecule has 88 valence electrons. The molecule has 0 spiro atoms. The molecule has 0 bridgehead atoms. The molecule has 0 unspecified atom stereocenters. The minimum Gasteiger partial charge on any atom is -0.382 e. The fourth-order valence-electron chi connectivity index (χ4n) is 2.53. The van der Waals surface area contributed by atoms with Crippen LogP contribution in [0, 0.1) is 5.92 Å². The Morgan fingerprint density at radius 2 is 2.00 bits per heavy atom. The van der Waals surface area contributed by atoms with Gasteiger partial charge in [0.25, 0.3) is 0 Å². The Kier molecular flexibility index (Phi) is 3.32. The summed E-state index contributed by atoms with van der Waals surface area (Å²) >= 11 is 0. The predicted octanol–water partition coefficient (Wildman–Crippen LogP) is 2.68. The van der Waals surface area contributed by atoms with Crippen molar-refractivity contribution in [2.24, 2.45) is 5.92 Å². The summed E-state index contributed by atoms with van der Waals surface area (Å²) in [6.07, 6.45) is 6.94. The fraction of sp³-hybridized carbons (Fsp3) is 0.615. The first kappa shape index (κ1) is 11.2. The van der Waals surface area contributed by atoms with Crippen molar-refractivity contribution in [2.45, 2.75) is 38.6 Å². The Balaban J connectivity index is 2.07. The van der Waals surface area contributed by atoms with Crippen LogP contribution in [-0.4, -0.2) is 18.1 Å². The SMILES string of the molecule is CC1CCC(N(C)c2cccnc2N)CC1. The van der Waals surface area contributed by atoms with Gasteiger partial charge in [0.05, 0.1) is 5.69 Å². The second-order valence-electron chi connectivity index (χ2n) is 4.93. The quantitative estimate of drug-likeness (QED) is 0.831. The summed E-state index contributed by atoms with van der Waals surface area (Å²) in [5.74, 6) is 1.53. The normalized spacial score (nSPS) is 25.4. The zero-order valence-electron chi connectivity index (χ0n) is 10.2. The van der Waals surface area contributed by atoms with E-state index in [0.29, 0.717) is 11.9 Å². The molecular formula is C13H21N3. The average molecular weight is 219 g/mol. The molecule has 2 rings (SSSR count). The number of rotatable bonds is 2. The molecule has 0 aliphatic heterocycles. The van der Waals surface area contributed by atoms with Crippen LogP contribution in [0.1, 0.15) is 32.6 Å². The summed E-state index contributed by atoms with van der Waals surface area (Å²) in [4.78, 5) is 6.45. The number of hydrogen-bond acceptors (Lipinski definition) is 3. The van der Waals surface area contributed by atoms with Crippen molar-refractivity contribution in [3.05, 3.63) is 18.3 Å². The third-order valence-electron chi connectivity index (χ3n) is 3.73. The van der Waals surface area contributed by atoms with Gasteiger partial charge in [0, 0.05) is 19.3 Å². The Morgan fingerprint density at radius 1 is 1.31 bits per heavy atom. The highest BCUT2D eigenvalue weighted by molar-refractivity contribution is 5.62. The lowest BCUT2D eigenvalue weighted by Crippen LogP contribution is -2.35. The minimum atomic E-state index is 0.627. The molecule has 2 N–H and O–H groups in total. The second kappa shape index (κ2) is 4.73. The van der Waals surface area contributed by atoms with E-state index in [0.717, 1.165) is 11.6 Å². The lowest BCUT2D eigenvalue weighted by molar-refractivity contribution is 0.341. The molecule has 0 amide bonds. The van der Waals surface area contributed by atoms with Crippen molar-refractivity contribution in [1.82, 2.24) is 4.98 Å². The van der Waals surface area contributed by atoms with E-state index < -0.39 is 0 Å². The Hall–Kier alpha value is -1.25. The molecule has 3 nitrogen and oxygen atoms in total. The van der Waals surface area contributed by atoms with Gasteiger partial charge in [-0.1, -0.05) is 6.92 Å². The lowest BCUT2D eigenvalue weighted by atomic mass is 9.86. The van der Waals surface area contributed by atoms with E-state index in [2.05, 4.69) is 29.9 Å². The number of hydrogen-bond donors (Lipinski definition) is 1. The van der Waals surface area contributed by atoms with E-state index in [1.54, 1.807) is 6.20 Å². The predicted molar refractivity (Wildman–Crippen MR) is 68.5 cm³/mol. The van der Waals surface area contributed by atoms with E-state index >= 15 is 0 Å². The largest absolute Gasteiger partial charge is 0.382 e. The zero-order chi connectivity index (χ0) is 11.5. The maximum atomic E-state index is 5.90. The van der Waals surface area contributed by atoms with Gasteiger partial charge in [-0.25, -0.2) is 4.98 Å². The standard InChI is InChI=1S/C13H21N3/c1-10-5-7-11(8-6-10)16(2)12-4-3-9-15-13(12)14/h3-4,9-11H,5-8H2,1-2H3,(H2,14,15). The molecule has 0 radical (unpaired) electrons. The molecule has 1 aliphatic carbocycles. The topological polar surface area (TPSA) is 42.2 Å². The molecule has 1 fully saturated rings. The Labute approximate surface area is 97.7 Å². The average Bonchev–Trinajstić information content (AvgIpc) is 2.30. The number of nitrogen functional groups attached to an aromatic ring is 1. The van der Waals surface area contributed by atoms with Crippen molar-refractivity contribution < 1.29 is 0 Å². The smallest absolute Gasteiger partial charge is 0.146 e. The molecule has 1 aromatic rings. The van der Waals surface area contributed by atoms with E-state index in [9.17, 15) is 0 Å². The number of pyridine rings is 1. The summed E-state index contributed by atoms with van der Waals surface area (Å²) < 4.78 is 0. The first-order chi connectivity index (χ1) is 7.68. The molecular weight excluding hydrogens is 198 g/mol. The maximum absolute atomic E-state index is 5.90. The van der Waals surface area contributed by atoms with Crippen LogP contribution >= 0.6 is 0 Å². The summed E-state index contributed by atoms with van der Waals surface area (Å²) in [6, 6.07) is 4.64. The van der Waals surface area contributed by atoms with Gasteiger partial charge in [0.1, 0.15) is 5.82 Å². The van der Waals surface area contributed by atoms with Crippen LogP contribution in [0.5, 0.6) is 0 Å². The maximum Gasteiger partial charge on any atom is 0.146 e. The van der Waals surface area contributed by atoms with Crippen LogP contribution in [-0.2, 0) is 0 Å². The highest BCUT2D eigenvalue weighted by Gasteiger charge is 2.22. The molecule has 1 heterocycles. The third kappa shape index (κ3) is 2.29. The summed E-state index contributed by atoms with van der Waals surface area (Å²) in [6.45, 7) is 2.34. The van der Waals surface area contributed by atoms with Crippen LogP contribution < -0.4 is 10.6 Å².